The zero-order valence-electron chi connectivity index (χ0n) is 18.7. The van der Waals surface area contributed by atoms with E-state index in [2.05, 4.69) is 0 Å². The molecule has 2 aliphatic rings. The van der Waals surface area contributed by atoms with E-state index in [1.165, 1.54) is 16.4 Å². The van der Waals surface area contributed by atoms with Crippen LogP contribution < -0.4 is 4.74 Å². The van der Waals surface area contributed by atoms with Crippen molar-refractivity contribution >= 4 is 15.9 Å². The first-order valence-electron chi connectivity index (χ1n) is 11.2. The van der Waals surface area contributed by atoms with Crippen molar-refractivity contribution in [3.63, 3.8) is 0 Å². The lowest BCUT2D eigenvalue weighted by Crippen LogP contribution is -2.41. The molecule has 1 amide bonds. The Hall–Kier alpha value is -2.49. The molecule has 0 radical (unpaired) electrons. The van der Waals surface area contributed by atoms with E-state index < -0.39 is 20.7 Å². The van der Waals surface area contributed by atoms with Crippen molar-refractivity contribution in [2.24, 2.45) is 0 Å². The molecule has 2 saturated heterocycles. The van der Waals surface area contributed by atoms with Gasteiger partial charge < -0.3 is 14.4 Å². The van der Waals surface area contributed by atoms with Crippen LogP contribution in [0, 0.1) is 5.82 Å². The van der Waals surface area contributed by atoms with Crippen LogP contribution in [0.1, 0.15) is 47.6 Å². The number of sulfonamides is 1. The molecule has 0 saturated carbocycles. The molecule has 4 rings (SSSR count). The molecule has 178 valence electrons. The number of likely N-dealkylation sites (tertiary alicyclic amines) is 1. The Bertz CT molecular complexity index is 1080. The van der Waals surface area contributed by atoms with E-state index in [1.807, 2.05) is 24.3 Å². The lowest BCUT2D eigenvalue weighted by atomic mass is 10.00. The normalized spacial score (nSPS) is 20.3. The monoisotopic (exact) mass is 476 g/mol. The van der Waals surface area contributed by atoms with Gasteiger partial charge in [0.1, 0.15) is 16.5 Å². The van der Waals surface area contributed by atoms with Crippen LogP contribution in [-0.4, -0.2) is 63.5 Å². The fourth-order valence-electron chi connectivity index (χ4n) is 4.45. The summed E-state index contributed by atoms with van der Waals surface area (Å²) in [5.74, 6) is -0.418. The number of ether oxygens (including phenoxy) is 2. The topological polar surface area (TPSA) is 76.2 Å². The Labute approximate surface area is 194 Å². The highest BCUT2D eigenvalue weighted by molar-refractivity contribution is 7.89. The molecule has 33 heavy (non-hydrogen) atoms. The molecule has 0 aliphatic carbocycles. The second-order valence-corrected chi connectivity index (χ2v) is 10.2. The van der Waals surface area contributed by atoms with Gasteiger partial charge >= 0.3 is 0 Å². The van der Waals surface area contributed by atoms with Crippen molar-refractivity contribution in [3.05, 3.63) is 59.4 Å². The van der Waals surface area contributed by atoms with Gasteiger partial charge in [0.2, 0.25) is 10.0 Å². The second-order valence-electron chi connectivity index (χ2n) is 8.30. The first-order valence-corrected chi connectivity index (χ1v) is 12.7. The Morgan fingerprint density at radius 1 is 1.03 bits per heavy atom. The smallest absolute Gasteiger partial charge is 0.254 e. The zero-order valence-corrected chi connectivity index (χ0v) is 19.5. The van der Waals surface area contributed by atoms with E-state index >= 15 is 0 Å². The Balaban J connectivity index is 1.65. The molecular weight excluding hydrogens is 447 g/mol. The van der Waals surface area contributed by atoms with Crippen molar-refractivity contribution in [1.29, 1.82) is 0 Å². The molecule has 9 heteroatoms. The summed E-state index contributed by atoms with van der Waals surface area (Å²) in [5.41, 5.74) is 1.16. The van der Waals surface area contributed by atoms with Crippen LogP contribution in [0.25, 0.3) is 0 Å². The lowest BCUT2D eigenvalue weighted by molar-refractivity contribution is 0.0680. The summed E-state index contributed by atoms with van der Waals surface area (Å²) in [4.78, 5) is 14.9. The molecule has 2 aromatic carbocycles. The van der Waals surface area contributed by atoms with Gasteiger partial charge in [0.05, 0.1) is 26.4 Å². The number of carbonyl (C=O) groups excluding carboxylic acids is 1. The summed E-state index contributed by atoms with van der Waals surface area (Å²) in [5, 5.41) is 0. The van der Waals surface area contributed by atoms with Crippen molar-refractivity contribution in [2.75, 3.05) is 40.0 Å². The molecule has 2 aliphatic heterocycles. The molecule has 1 atom stereocenters. The van der Waals surface area contributed by atoms with Gasteiger partial charge in [-0.05, 0) is 48.7 Å². The van der Waals surface area contributed by atoms with Crippen LogP contribution in [-0.2, 0) is 14.8 Å². The summed E-state index contributed by atoms with van der Waals surface area (Å²) >= 11 is 0. The van der Waals surface area contributed by atoms with Gasteiger partial charge in [-0.2, -0.15) is 4.31 Å². The molecular formula is C24H29FN2O5S. The van der Waals surface area contributed by atoms with E-state index in [-0.39, 0.29) is 43.8 Å². The number of halogens is 1. The predicted octanol–water partition coefficient (Wildman–Crippen LogP) is 3.61. The maximum absolute atomic E-state index is 14.6. The third kappa shape index (κ3) is 5.05. The van der Waals surface area contributed by atoms with Crippen LogP contribution in [0.15, 0.2) is 47.4 Å². The average Bonchev–Trinajstić information content (AvgIpc) is 3.10. The zero-order chi connectivity index (χ0) is 23.4. The van der Waals surface area contributed by atoms with Crippen LogP contribution in [0.4, 0.5) is 4.39 Å². The number of amides is 1. The fourth-order valence-corrected chi connectivity index (χ4v) is 5.95. The van der Waals surface area contributed by atoms with Crippen LogP contribution in [0.3, 0.4) is 0 Å². The Morgan fingerprint density at radius 3 is 2.45 bits per heavy atom. The minimum atomic E-state index is -4.07. The van der Waals surface area contributed by atoms with Crippen LogP contribution in [0.5, 0.6) is 5.75 Å². The van der Waals surface area contributed by atoms with Gasteiger partial charge in [-0.15, -0.1) is 0 Å². The highest BCUT2D eigenvalue weighted by atomic mass is 32.2. The first kappa shape index (κ1) is 23.7. The molecule has 2 heterocycles. The SMILES string of the molecule is COc1ccc([C@@H]2CCCCCN2C(=O)c2ccc(F)c(S(=O)(=O)N3CCOCC3)c2)cc1. The molecule has 0 unspecified atom stereocenters. The third-order valence-corrected chi connectivity index (χ3v) is 8.19. The van der Waals surface area contributed by atoms with Crippen molar-refractivity contribution in [2.45, 2.75) is 36.6 Å². The number of hydrogen-bond donors (Lipinski definition) is 0. The Kier molecular flexibility index (Phi) is 7.31. The molecule has 0 spiro atoms. The highest BCUT2D eigenvalue weighted by Crippen LogP contribution is 2.33. The summed E-state index contributed by atoms with van der Waals surface area (Å²) in [6.45, 7) is 1.39. The number of carbonyl (C=O) groups is 1. The first-order chi connectivity index (χ1) is 15.9. The maximum atomic E-state index is 14.6. The number of hydrogen-bond acceptors (Lipinski definition) is 5. The molecule has 7 nitrogen and oxygen atoms in total. The van der Waals surface area contributed by atoms with E-state index in [0.717, 1.165) is 43.1 Å². The number of benzene rings is 2. The van der Waals surface area contributed by atoms with Gasteiger partial charge in [0.15, 0.2) is 0 Å². The lowest BCUT2D eigenvalue weighted by Gasteiger charge is -2.31. The molecule has 2 aromatic rings. The van der Waals surface area contributed by atoms with Gasteiger partial charge in [0.25, 0.3) is 5.91 Å². The average molecular weight is 477 g/mol. The highest BCUT2D eigenvalue weighted by Gasteiger charge is 2.32. The van der Waals surface area contributed by atoms with Gasteiger partial charge in [0, 0.05) is 25.2 Å². The predicted molar refractivity (Wildman–Crippen MR) is 121 cm³/mol. The van der Waals surface area contributed by atoms with Gasteiger partial charge in [-0.1, -0.05) is 25.0 Å². The number of rotatable bonds is 5. The second kappa shape index (κ2) is 10.2. The quantitative estimate of drug-likeness (QED) is 0.659. The van der Waals surface area contributed by atoms with Gasteiger partial charge in [-0.25, -0.2) is 12.8 Å². The number of morpholine rings is 1. The number of nitrogens with zero attached hydrogens (tertiary/aromatic N) is 2. The minimum absolute atomic E-state index is 0.143. The fraction of sp³-hybridized carbons (Fsp3) is 0.458. The largest absolute Gasteiger partial charge is 0.497 e. The van der Waals surface area contributed by atoms with Gasteiger partial charge in [-0.3, -0.25) is 4.79 Å². The maximum Gasteiger partial charge on any atom is 0.254 e. The van der Waals surface area contributed by atoms with Crippen molar-refractivity contribution in [3.8, 4) is 5.75 Å². The van der Waals surface area contributed by atoms with E-state index in [0.29, 0.717) is 6.54 Å². The summed E-state index contributed by atoms with van der Waals surface area (Å²) in [6, 6.07) is 11.1. The Morgan fingerprint density at radius 2 is 1.76 bits per heavy atom. The summed E-state index contributed by atoms with van der Waals surface area (Å²) in [6.07, 6.45) is 3.66. The van der Waals surface area contributed by atoms with Crippen molar-refractivity contribution < 1.29 is 27.1 Å². The van der Waals surface area contributed by atoms with E-state index in [9.17, 15) is 17.6 Å². The standard InChI is InChI=1S/C24H29FN2O5S/c1-31-20-9-6-18(7-10-20)22-5-3-2-4-12-27(22)24(28)19-8-11-21(25)23(17-19)33(29,30)26-13-15-32-16-14-26/h6-11,17,22H,2-5,12-16H2,1H3/t22-/m0/s1. The summed E-state index contributed by atoms with van der Waals surface area (Å²) in [7, 11) is -2.46. The van der Waals surface area contributed by atoms with Crippen LogP contribution in [0.2, 0.25) is 0 Å². The minimum Gasteiger partial charge on any atom is -0.497 e. The van der Waals surface area contributed by atoms with E-state index in [4.69, 9.17) is 9.47 Å². The molecule has 0 aromatic heterocycles. The molecule has 0 bridgehead atoms. The van der Waals surface area contributed by atoms with Crippen molar-refractivity contribution in [1.82, 2.24) is 9.21 Å². The molecule has 0 N–H and O–H groups in total. The number of methoxy groups -OCH3 is 1. The molecule has 2 fully saturated rings. The van der Waals surface area contributed by atoms with E-state index in [1.54, 1.807) is 12.0 Å². The van der Waals surface area contributed by atoms with Crippen LogP contribution >= 0.6 is 0 Å². The summed E-state index contributed by atoms with van der Waals surface area (Å²) < 4.78 is 52.4. The third-order valence-electron chi connectivity index (χ3n) is 6.28.